The maximum absolute atomic E-state index is 11.7. The van der Waals surface area contributed by atoms with E-state index in [1.54, 1.807) is 0 Å². The Morgan fingerprint density at radius 2 is 1.52 bits per heavy atom. The van der Waals surface area contributed by atoms with Gasteiger partial charge in [-0.3, -0.25) is 4.79 Å². The molecule has 0 heterocycles. The Bertz CT molecular complexity index is 353. The van der Waals surface area contributed by atoms with Crippen LogP contribution < -0.4 is 10.6 Å². The lowest BCUT2D eigenvalue weighted by Crippen LogP contribution is -2.45. The molecule has 5 nitrogen and oxygen atoms in total. The molecule has 0 aliphatic heterocycles. The lowest BCUT2D eigenvalue weighted by molar-refractivity contribution is -0.122. The Balaban J connectivity index is 2.26. The lowest BCUT2D eigenvalue weighted by Gasteiger charge is -2.30. The first-order valence-electron chi connectivity index (χ1n) is 7.94. The van der Waals surface area contributed by atoms with E-state index in [1.165, 1.54) is 0 Å². The van der Waals surface area contributed by atoms with Crippen LogP contribution >= 0.6 is 0 Å². The first kappa shape index (κ1) is 17.8. The molecule has 1 saturated carbocycles. The minimum Gasteiger partial charge on any atom is -0.444 e. The maximum atomic E-state index is 11.7. The molecule has 0 bridgehead atoms. The minimum absolute atomic E-state index is 0.133. The molecule has 0 aromatic rings. The summed E-state index contributed by atoms with van der Waals surface area (Å²) in [4.78, 5) is 23.4. The second kappa shape index (κ2) is 7.66. The highest BCUT2D eigenvalue weighted by molar-refractivity contribution is 5.76. The number of nitrogens with one attached hydrogen (secondary N) is 2. The predicted octanol–water partition coefficient (Wildman–Crippen LogP) is 2.98. The van der Waals surface area contributed by atoms with Gasteiger partial charge in [0, 0.05) is 18.5 Å². The zero-order chi connectivity index (χ0) is 16.0. The van der Waals surface area contributed by atoms with Crippen LogP contribution in [0.4, 0.5) is 4.79 Å². The Hall–Kier alpha value is -1.26. The normalized spacial score (nSPS) is 22.8. The van der Waals surface area contributed by atoms with Crippen molar-refractivity contribution in [2.75, 3.05) is 0 Å². The topological polar surface area (TPSA) is 67.4 Å². The maximum Gasteiger partial charge on any atom is 0.407 e. The highest BCUT2D eigenvalue weighted by Crippen LogP contribution is 2.19. The van der Waals surface area contributed by atoms with Crippen molar-refractivity contribution in [1.82, 2.24) is 10.6 Å². The van der Waals surface area contributed by atoms with Crippen LogP contribution in [0.5, 0.6) is 0 Å². The van der Waals surface area contributed by atoms with Gasteiger partial charge < -0.3 is 15.4 Å². The molecule has 2 N–H and O–H groups in total. The second-order valence-electron chi connectivity index (χ2n) is 7.36. The van der Waals surface area contributed by atoms with Gasteiger partial charge in [0.15, 0.2) is 0 Å². The summed E-state index contributed by atoms with van der Waals surface area (Å²) in [7, 11) is 0. The van der Waals surface area contributed by atoms with Crippen LogP contribution in [0, 0.1) is 5.92 Å². The summed E-state index contributed by atoms with van der Waals surface area (Å²) in [6.07, 6.45) is 3.80. The van der Waals surface area contributed by atoms with Crippen LogP contribution in [-0.2, 0) is 9.53 Å². The quantitative estimate of drug-likeness (QED) is 0.838. The second-order valence-corrected chi connectivity index (χ2v) is 7.36. The van der Waals surface area contributed by atoms with Crippen molar-refractivity contribution in [3.8, 4) is 0 Å². The third-order valence-corrected chi connectivity index (χ3v) is 3.41. The van der Waals surface area contributed by atoms with Crippen molar-refractivity contribution < 1.29 is 14.3 Å². The monoisotopic (exact) mass is 298 g/mol. The van der Waals surface area contributed by atoms with Gasteiger partial charge in [0.25, 0.3) is 0 Å². The molecule has 1 fully saturated rings. The molecule has 1 aliphatic rings. The van der Waals surface area contributed by atoms with Crippen LogP contribution in [0.3, 0.4) is 0 Å². The summed E-state index contributed by atoms with van der Waals surface area (Å²) < 4.78 is 5.26. The molecule has 0 unspecified atom stereocenters. The fourth-order valence-corrected chi connectivity index (χ4v) is 2.51. The molecule has 0 aromatic carbocycles. The molecule has 0 spiro atoms. The fraction of sp³-hybridized carbons (Fsp3) is 0.875. The van der Waals surface area contributed by atoms with Gasteiger partial charge in [0.2, 0.25) is 5.91 Å². The molecule has 0 saturated heterocycles. The van der Waals surface area contributed by atoms with Gasteiger partial charge in [-0.25, -0.2) is 4.79 Å². The molecule has 1 rings (SSSR count). The van der Waals surface area contributed by atoms with Crippen molar-refractivity contribution in [1.29, 1.82) is 0 Å². The van der Waals surface area contributed by atoms with Gasteiger partial charge in [-0.05, 0) is 52.4 Å². The van der Waals surface area contributed by atoms with E-state index in [0.717, 1.165) is 25.7 Å². The van der Waals surface area contributed by atoms with Gasteiger partial charge in [0.1, 0.15) is 5.60 Å². The number of alkyl carbamates (subject to hydrolysis) is 1. The standard InChI is InChI=1S/C16H30N2O3/c1-11(2)10-14(19)17-12-6-8-13(9-7-12)18-15(20)21-16(3,4)5/h11-13H,6-10H2,1-5H3,(H,17,19)(H,18,20). The Morgan fingerprint density at radius 3 is 1.95 bits per heavy atom. The van der Waals surface area contributed by atoms with Crippen LogP contribution in [0.1, 0.15) is 66.7 Å². The van der Waals surface area contributed by atoms with Crippen molar-refractivity contribution in [2.24, 2.45) is 5.92 Å². The largest absolute Gasteiger partial charge is 0.444 e. The lowest BCUT2D eigenvalue weighted by atomic mass is 9.91. The minimum atomic E-state index is -0.466. The van der Waals surface area contributed by atoms with E-state index in [-0.39, 0.29) is 24.1 Å². The zero-order valence-electron chi connectivity index (χ0n) is 14.0. The summed E-state index contributed by atoms with van der Waals surface area (Å²) >= 11 is 0. The van der Waals surface area contributed by atoms with E-state index < -0.39 is 5.60 Å². The number of ether oxygens (including phenoxy) is 1. The van der Waals surface area contributed by atoms with Gasteiger partial charge >= 0.3 is 6.09 Å². The average molecular weight is 298 g/mol. The number of carbonyl (C=O) groups is 2. The average Bonchev–Trinajstić information content (AvgIpc) is 2.27. The highest BCUT2D eigenvalue weighted by Gasteiger charge is 2.25. The third-order valence-electron chi connectivity index (χ3n) is 3.41. The van der Waals surface area contributed by atoms with Crippen LogP contribution in [-0.4, -0.2) is 29.7 Å². The molecular formula is C16H30N2O3. The van der Waals surface area contributed by atoms with Gasteiger partial charge in [-0.1, -0.05) is 13.8 Å². The zero-order valence-corrected chi connectivity index (χ0v) is 14.0. The fourth-order valence-electron chi connectivity index (χ4n) is 2.51. The summed E-state index contributed by atoms with van der Waals surface area (Å²) in [6.45, 7) is 9.65. The molecule has 2 amide bonds. The number of rotatable bonds is 4. The van der Waals surface area contributed by atoms with Gasteiger partial charge in [-0.2, -0.15) is 0 Å². The molecule has 1 aliphatic carbocycles. The molecule has 0 radical (unpaired) electrons. The summed E-state index contributed by atoms with van der Waals surface area (Å²) in [5.41, 5.74) is -0.466. The predicted molar refractivity (Wildman–Crippen MR) is 83.0 cm³/mol. The van der Waals surface area contributed by atoms with Crippen LogP contribution in [0.15, 0.2) is 0 Å². The molecule has 0 atom stereocenters. The number of carbonyl (C=O) groups excluding carboxylic acids is 2. The van der Waals surface area contributed by atoms with Crippen molar-refractivity contribution in [3.63, 3.8) is 0 Å². The van der Waals surface area contributed by atoms with E-state index in [2.05, 4.69) is 10.6 Å². The van der Waals surface area contributed by atoms with Crippen molar-refractivity contribution in [2.45, 2.75) is 84.4 Å². The van der Waals surface area contributed by atoms with Gasteiger partial charge in [0.05, 0.1) is 0 Å². The molecule has 122 valence electrons. The SMILES string of the molecule is CC(C)CC(=O)NC1CCC(NC(=O)OC(C)(C)C)CC1. The molecule has 21 heavy (non-hydrogen) atoms. The number of amides is 2. The van der Waals surface area contributed by atoms with Crippen LogP contribution in [0.25, 0.3) is 0 Å². The molecular weight excluding hydrogens is 268 g/mol. The van der Waals surface area contributed by atoms with Gasteiger partial charge in [-0.15, -0.1) is 0 Å². The van der Waals surface area contributed by atoms with E-state index in [4.69, 9.17) is 4.74 Å². The molecule has 5 heteroatoms. The third kappa shape index (κ3) is 7.93. The number of hydrogen-bond donors (Lipinski definition) is 2. The summed E-state index contributed by atoms with van der Waals surface area (Å²) in [6, 6.07) is 0.394. The Kier molecular flexibility index (Phi) is 6.49. The Morgan fingerprint density at radius 1 is 1.05 bits per heavy atom. The number of hydrogen-bond acceptors (Lipinski definition) is 3. The van der Waals surface area contributed by atoms with E-state index in [1.807, 2.05) is 34.6 Å². The molecule has 0 aromatic heterocycles. The van der Waals surface area contributed by atoms with Crippen molar-refractivity contribution in [3.05, 3.63) is 0 Å². The van der Waals surface area contributed by atoms with Crippen LogP contribution in [0.2, 0.25) is 0 Å². The van der Waals surface area contributed by atoms with Crippen molar-refractivity contribution >= 4 is 12.0 Å². The summed E-state index contributed by atoms with van der Waals surface area (Å²) in [5, 5.41) is 5.99. The van der Waals surface area contributed by atoms with E-state index in [9.17, 15) is 9.59 Å². The first-order chi connectivity index (χ1) is 9.65. The Labute approximate surface area is 128 Å². The smallest absolute Gasteiger partial charge is 0.407 e. The first-order valence-corrected chi connectivity index (χ1v) is 7.94. The van der Waals surface area contributed by atoms with E-state index >= 15 is 0 Å². The van der Waals surface area contributed by atoms with E-state index in [0.29, 0.717) is 12.3 Å². The highest BCUT2D eigenvalue weighted by atomic mass is 16.6. The summed E-state index contributed by atoms with van der Waals surface area (Å²) in [5.74, 6) is 0.517.